The Labute approximate surface area is 179 Å². The number of rotatable bonds is 3. The third kappa shape index (κ3) is 3.02. The Morgan fingerprint density at radius 1 is 0.903 bits per heavy atom. The molecule has 0 bridgehead atoms. The van der Waals surface area contributed by atoms with Crippen molar-refractivity contribution in [2.75, 3.05) is 18.1 Å². The summed E-state index contributed by atoms with van der Waals surface area (Å²) in [6.07, 6.45) is 0. The summed E-state index contributed by atoms with van der Waals surface area (Å²) in [5.74, 6) is -1.29. The number of benzene rings is 3. The molecule has 2 aliphatic heterocycles. The molecule has 2 amide bonds. The summed E-state index contributed by atoms with van der Waals surface area (Å²) in [4.78, 5) is 29.7. The monoisotopic (exact) mass is 416 g/mol. The third-order valence-corrected chi connectivity index (χ3v) is 6.29. The molecule has 3 atom stereocenters. The zero-order valence-corrected chi connectivity index (χ0v) is 16.7. The lowest BCUT2D eigenvalue weighted by Gasteiger charge is -2.58. The van der Waals surface area contributed by atoms with Gasteiger partial charge in [-0.3, -0.25) is 9.59 Å². The molecule has 1 saturated heterocycles. The maximum atomic E-state index is 14.4. The van der Waals surface area contributed by atoms with Crippen LogP contribution in [0.3, 0.4) is 0 Å². The van der Waals surface area contributed by atoms with Crippen LogP contribution in [-0.4, -0.2) is 47.1 Å². The Balaban J connectivity index is 1.55. The summed E-state index contributed by atoms with van der Waals surface area (Å²) >= 11 is 0. The number of amides is 2. The first-order valence-electron chi connectivity index (χ1n) is 10.3. The normalized spacial score (nSPS) is 21.7. The molecular formula is C25H21FN2O3. The van der Waals surface area contributed by atoms with E-state index in [4.69, 9.17) is 0 Å². The first-order chi connectivity index (χ1) is 15.1. The van der Waals surface area contributed by atoms with Crippen molar-refractivity contribution in [2.24, 2.45) is 0 Å². The number of aliphatic hydroxyl groups excluding tert-OH is 1. The van der Waals surface area contributed by atoms with Crippen LogP contribution in [-0.2, 0) is 0 Å². The lowest BCUT2D eigenvalue weighted by atomic mass is 9.71. The molecule has 3 aromatic carbocycles. The quantitative estimate of drug-likeness (QED) is 0.712. The fourth-order valence-electron chi connectivity index (χ4n) is 4.87. The van der Waals surface area contributed by atoms with E-state index < -0.39 is 11.7 Å². The molecule has 31 heavy (non-hydrogen) atoms. The van der Waals surface area contributed by atoms with Crippen LogP contribution in [0.25, 0.3) is 0 Å². The highest BCUT2D eigenvalue weighted by Crippen LogP contribution is 2.48. The fraction of sp³-hybridized carbons (Fsp3) is 0.200. The van der Waals surface area contributed by atoms with E-state index in [1.54, 1.807) is 46.2 Å². The molecular weight excluding hydrogens is 395 g/mol. The van der Waals surface area contributed by atoms with Crippen LogP contribution in [0.5, 0.6) is 0 Å². The molecule has 1 fully saturated rings. The number of para-hydroxylation sites is 1. The summed E-state index contributed by atoms with van der Waals surface area (Å²) in [6.45, 7) is 0.0687. The number of anilines is 1. The summed E-state index contributed by atoms with van der Waals surface area (Å²) < 4.78 is 14.4. The van der Waals surface area contributed by atoms with E-state index >= 15 is 0 Å². The number of carbonyl (C=O) groups is 2. The summed E-state index contributed by atoms with van der Waals surface area (Å²) in [7, 11) is 0. The van der Waals surface area contributed by atoms with Crippen molar-refractivity contribution >= 4 is 17.5 Å². The van der Waals surface area contributed by atoms with Gasteiger partial charge in [-0.15, -0.1) is 0 Å². The Morgan fingerprint density at radius 2 is 1.58 bits per heavy atom. The van der Waals surface area contributed by atoms with E-state index in [9.17, 15) is 19.1 Å². The minimum atomic E-state index is -0.578. The van der Waals surface area contributed by atoms with E-state index in [0.717, 1.165) is 5.56 Å². The van der Waals surface area contributed by atoms with Gasteiger partial charge in [-0.25, -0.2) is 4.39 Å². The summed E-state index contributed by atoms with van der Waals surface area (Å²) in [5.41, 5.74) is 2.11. The summed E-state index contributed by atoms with van der Waals surface area (Å²) in [5, 5.41) is 10.1. The first-order valence-corrected chi connectivity index (χ1v) is 10.3. The lowest BCUT2D eigenvalue weighted by molar-refractivity contribution is -0.0246. The SMILES string of the molecule is O=C(c1ccccc1F)N1C[C@H]2[C@@H](c3ccccc31)[C@@H](CO)N2C(=O)c1ccccc1. The number of carbonyl (C=O) groups excluding carboxylic acids is 2. The zero-order valence-electron chi connectivity index (χ0n) is 16.7. The number of hydrogen-bond acceptors (Lipinski definition) is 3. The van der Waals surface area contributed by atoms with Gasteiger partial charge < -0.3 is 14.9 Å². The van der Waals surface area contributed by atoms with Crippen molar-refractivity contribution in [1.82, 2.24) is 4.90 Å². The maximum Gasteiger partial charge on any atom is 0.261 e. The topological polar surface area (TPSA) is 60.9 Å². The summed E-state index contributed by atoms with van der Waals surface area (Å²) in [6, 6.07) is 21.6. The van der Waals surface area contributed by atoms with E-state index in [-0.39, 0.29) is 42.6 Å². The molecule has 0 spiro atoms. The van der Waals surface area contributed by atoms with Crippen molar-refractivity contribution in [1.29, 1.82) is 0 Å². The highest BCUT2D eigenvalue weighted by atomic mass is 19.1. The van der Waals surface area contributed by atoms with Crippen molar-refractivity contribution in [2.45, 2.75) is 18.0 Å². The number of halogens is 1. The number of likely N-dealkylation sites (tertiary alicyclic amines) is 1. The second-order valence-electron chi connectivity index (χ2n) is 7.88. The largest absolute Gasteiger partial charge is 0.394 e. The molecule has 0 radical (unpaired) electrons. The Morgan fingerprint density at radius 3 is 2.32 bits per heavy atom. The highest BCUT2D eigenvalue weighted by molar-refractivity contribution is 6.07. The molecule has 5 nitrogen and oxygen atoms in total. The Kier molecular flexibility index (Phi) is 4.79. The van der Waals surface area contributed by atoms with Gasteiger partial charge >= 0.3 is 0 Å². The highest BCUT2D eigenvalue weighted by Gasteiger charge is 2.55. The Hall–Kier alpha value is -3.51. The standard InChI is InChI=1S/C25H21FN2O3/c26-19-12-6-4-10-17(19)25(31)27-14-21-23(18-11-5-7-13-20(18)27)22(15-29)28(21)24(30)16-8-2-1-3-9-16/h1-13,21-23,29H,14-15H2/t21-,22+,23+/m0/s1. The molecule has 0 aromatic heterocycles. The zero-order chi connectivity index (χ0) is 21.5. The van der Waals surface area contributed by atoms with Gasteiger partial charge in [0.15, 0.2) is 0 Å². The average Bonchev–Trinajstić information content (AvgIpc) is 2.80. The molecule has 3 aromatic rings. The number of fused-ring (bicyclic) bond motifs is 3. The molecule has 5 rings (SSSR count). The van der Waals surface area contributed by atoms with Crippen molar-refractivity contribution < 1.29 is 19.1 Å². The van der Waals surface area contributed by atoms with Crippen molar-refractivity contribution in [3.8, 4) is 0 Å². The van der Waals surface area contributed by atoms with Crippen LogP contribution in [0.15, 0.2) is 78.9 Å². The molecule has 0 saturated carbocycles. The van der Waals surface area contributed by atoms with Gasteiger partial charge in [0.2, 0.25) is 0 Å². The van der Waals surface area contributed by atoms with Gasteiger partial charge in [0.25, 0.3) is 11.8 Å². The van der Waals surface area contributed by atoms with E-state index in [1.807, 2.05) is 30.3 Å². The van der Waals surface area contributed by atoms with Crippen LogP contribution in [0.2, 0.25) is 0 Å². The molecule has 2 heterocycles. The lowest BCUT2D eigenvalue weighted by Crippen LogP contribution is -2.70. The molecule has 6 heteroatoms. The second-order valence-corrected chi connectivity index (χ2v) is 7.88. The number of aliphatic hydroxyl groups is 1. The van der Waals surface area contributed by atoms with Gasteiger partial charge in [-0.2, -0.15) is 0 Å². The molecule has 156 valence electrons. The first kappa shape index (κ1) is 19.5. The van der Waals surface area contributed by atoms with Crippen LogP contribution < -0.4 is 4.90 Å². The Bertz CT molecular complexity index is 1150. The van der Waals surface area contributed by atoms with Gasteiger partial charge in [0.1, 0.15) is 5.82 Å². The number of nitrogens with zero attached hydrogens (tertiary/aromatic N) is 2. The average molecular weight is 416 g/mol. The fourth-order valence-corrected chi connectivity index (χ4v) is 4.87. The van der Waals surface area contributed by atoms with E-state index in [2.05, 4.69) is 0 Å². The van der Waals surface area contributed by atoms with Gasteiger partial charge in [0.05, 0.1) is 24.3 Å². The van der Waals surface area contributed by atoms with Crippen LogP contribution in [0, 0.1) is 5.82 Å². The minimum Gasteiger partial charge on any atom is -0.394 e. The van der Waals surface area contributed by atoms with Crippen LogP contribution in [0.4, 0.5) is 10.1 Å². The second kappa shape index (κ2) is 7.63. The van der Waals surface area contributed by atoms with Gasteiger partial charge in [0, 0.05) is 23.7 Å². The molecule has 1 N–H and O–H groups in total. The maximum absolute atomic E-state index is 14.4. The molecule has 2 aliphatic rings. The van der Waals surface area contributed by atoms with E-state index in [1.165, 1.54) is 12.1 Å². The van der Waals surface area contributed by atoms with E-state index in [0.29, 0.717) is 11.3 Å². The van der Waals surface area contributed by atoms with Crippen molar-refractivity contribution in [3.63, 3.8) is 0 Å². The smallest absolute Gasteiger partial charge is 0.261 e. The number of hydrogen-bond donors (Lipinski definition) is 1. The minimum absolute atomic E-state index is 0.00489. The van der Waals surface area contributed by atoms with Gasteiger partial charge in [-0.1, -0.05) is 48.5 Å². The molecule has 0 unspecified atom stereocenters. The predicted octanol–water partition coefficient (Wildman–Crippen LogP) is 3.46. The van der Waals surface area contributed by atoms with Crippen LogP contribution >= 0.6 is 0 Å². The molecule has 0 aliphatic carbocycles. The van der Waals surface area contributed by atoms with Crippen LogP contribution in [0.1, 0.15) is 32.2 Å². The predicted molar refractivity (Wildman–Crippen MR) is 115 cm³/mol. The third-order valence-electron chi connectivity index (χ3n) is 6.29. The van der Waals surface area contributed by atoms with Crippen molar-refractivity contribution in [3.05, 3.63) is 101 Å². The van der Waals surface area contributed by atoms with Gasteiger partial charge in [-0.05, 0) is 35.9 Å².